The van der Waals surface area contributed by atoms with E-state index in [0.29, 0.717) is 45.4 Å². The van der Waals surface area contributed by atoms with Gasteiger partial charge in [-0.1, -0.05) is 21.6 Å². The second-order valence-electron chi connectivity index (χ2n) is 8.04. The molecular weight excluding hydrogens is 520 g/mol. The minimum Gasteiger partial charge on any atom is -0.495 e. The molecule has 0 aliphatic rings. The van der Waals surface area contributed by atoms with Gasteiger partial charge in [0, 0.05) is 32.3 Å². The third-order valence-electron chi connectivity index (χ3n) is 5.44. The Hall–Kier alpha value is -4.28. The fraction of sp³-hybridized carbons (Fsp3) is 0.0714. The molecule has 0 heterocycles. The van der Waals surface area contributed by atoms with Crippen LogP contribution in [0.25, 0.3) is 0 Å². The van der Waals surface area contributed by atoms with Crippen molar-refractivity contribution in [1.29, 1.82) is 0 Å². The van der Waals surface area contributed by atoms with Crippen LogP contribution in [0.2, 0.25) is 0 Å². The molecule has 0 aliphatic heterocycles. The van der Waals surface area contributed by atoms with Crippen LogP contribution in [0.5, 0.6) is 11.5 Å². The maximum atomic E-state index is 12.5. The number of amides is 2. The summed E-state index contributed by atoms with van der Waals surface area (Å²) in [7, 11) is 6.23. The SMILES string of the molecule is COc1ccc(C(=O)Nc2ccc(SSc3ccc(NC(=O)c4ccc(OC)c(N)c4)cc3)cc2)cc1N. The monoisotopic (exact) mass is 546 g/mol. The summed E-state index contributed by atoms with van der Waals surface area (Å²) in [4.78, 5) is 27.1. The van der Waals surface area contributed by atoms with Gasteiger partial charge in [0.05, 0.1) is 25.6 Å². The van der Waals surface area contributed by atoms with Gasteiger partial charge in [0.25, 0.3) is 11.8 Å². The molecule has 6 N–H and O–H groups in total. The molecule has 4 aromatic rings. The zero-order chi connectivity index (χ0) is 27.1. The summed E-state index contributed by atoms with van der Waals surface area (Å²) in [5, 5.41) is 5.73. The standard InChI is InChI=1S/C28H26N4O4S2/c1-35-25-13-3-17(15-23(25)29)27(33)31-19-5-9-21(10-6-19)37-38-22-11-7-20(8-12-22)32-28(34)18-4-14-26(36-2)24(30)16-18/h3-16H,29-30H2,1-2H3,(H,31,33)(H,32,34). The van der Waals surface area contributed by atoms with Crippen molar-refractivity contribution in [2.75, 3.05) is 36.3 Å². The Labute approximate surface area is 228 Å². The topological polar surface area (TPSA) is 129 Å². The van der Waals surface area contributed by atoms with Crippen LogP contribution in [-0.2, 0) is 0 Å². The van der Waals surface area contributed by atoms with E-state index >= 15 is 0 Å². The lowest BCUT2D eigenvalue weighted by molar-refractivity contribution is 0.101. The summed E-state index contributed by atoms with van der Waals surface area (Å²) in [5.74, 6) is 0.548. The average molecular weight is 547 g/mol. The van der Waals surface area contributed by atoms with Gasteiger partial charge in [-0.2, -0.15) is 0 Å². The van der Waals surface area contributed by atoms with E-state index in [0.717, 1.165) is 9.79 Å². The number of nitrogens with two attached hydrogens (primary N) is 2. The van der Waals surface area contributed by atoms with Crippen LogP contribution in [0.15, 0.2) is 94.7 Å². The Bertz CT molecular complexity index is 1330. The molecule has 194 valence electrons. The Kier molecular flexibility index (Phi) is 8.67. The number of hydrogen-bond acceptors (Lipinski definition) is 8. The second kappa shape index (κ2) is 12.3. The van der Waals surface area contributed by atoms with Crippen LogP contribution in [0.4, 0.5) is 22.7 Å². The maximum absolute atomic E-state index is 12.5. The van der Waals surface area contributed by atoms with Crippen molar-refractivity contribution in [1.82, 2.24) is 0 Å². The minimum atomic E-state index is -0.253. The molecule has 4 aromatic carbocycles. The predicted molar refractivity (Wildman–Crippen MR) is 155 cm³/mol. The van der Waals surface area contributed by atoms with Crippen LogP contribution < -0.4 is 31.6 Å². The lowest BCUT2D eigenvalue weighted by atomic mass is 10.1. The van der Waals surface area contributed by atoms with Gasteiger partial charge >= 0.3 is 0 Å². The summed E-state index contributed by atoms with van der Waals surface area (Å²) < 4.78 is 10.3. The van der Waals surface area contributed by atoms with E-state index in [-0.39, 0.29) is 11.8 Å². The smallest absolute Gasteiger partial charge is 0.255 e. The molecule has 8 nitrogen and oxygen atoms in total. The molecule has 0 spiro atoms. The first kappa shape index (κ1) is 26.8. The van der Waals surface area contributed by atoms with E-state index in [1.807, 2.05) is 48.5 Å². The van der Waals surface area contributed by atoms with Gasteiger partial charge in [0.1, 0.15) is 11.5 Å². The Balaban J connectivity index is 1.28. The number of benzene rings is 4. The van der Waals surface area contributed by atoms with E-state index in [1.54, 1.807) is 58.0 Å². The summed E-state index contributed by atoms with van der Waals surface area (Å²) in [6.07, 6.45) is 0. The molecule has 0 fully saturated rings. The summed E-state index contributed by atoms with van der Waals surface area (Å²) in [6, 6.07) is 24.9. The number of carbonyl (C=O) groups excluding carboxylic acids is 2. The predicted octanol–water partition coefficient (Wildman–Crippen LogP) is 6.17. The molecule has 38 heavy (non-hydrogen) atoms. The zero-order valence-electron chi connectivity index (χ0n) is 20.7. The summed E-state index contributed by atoms with van der Waals surface area (Å²) >= 11 is 0. The third kappa shape index (κ3) is 6.72. The van der Waals surface area contributed by atoms with E-state index in [2.05, 4.69) is 10.6 Å². The van der Waals surface area contributed by atoms with Crippen LogP contribution >= 0.6 is 21.6 Å². The van der Waals surface area contributed by atoms with E-state index in [1.165, 1.54) is 14.2 Å². The van der Waals surface area contributed by atoms with Crippen molar-refractivity contribution in [3.63, 3.8) is 0 Å². The van der Waals surface area contributed by atoms with Gasteiger partial charge in [0.2, 0.25) is 0 Å². The maximum Gasteiger partial charge on any atom is 0.255 e. The van der Waals surface area contributed by atoms with E-state index in [9.17, 15) is 9.59 Å². The molecule has 0 aromatic heterocycles. The summed E-state index contributed by atoms with van der Waals surface area (Å²) in [6.45, 7) is 0. The van der Waals surface area contributed by atoms with Crippen molar-refractivity contribution in [3.05, 3.63) is 96.1 Å². The lowest BCUT2D eigenvalue weighted by Crippen LogP contribution is -2.12. The largest absolute Gasteiger partial charge is 0.495 e. The molecule has 4 rings (SSSR count). The quantitative estimate of drug-likeness (QED) is 0.145. The fourth-order valence-electron chi connectivity index (χ4n) is 3.44. The van der Waals surface area contributed by atoms with E-state index < -0.39 is 0 Å². The Morgan fingerprint density at radius 1 is 0.605 bits per heavy atom. The first-order valence-electron chi connectivity index (χ1n) is 11.4. The van der Waals surface area contributed by atoms with Gasteiger partial charge in [-0.05, 0) is 84.9 Å². The third-order valence-corrected chi connectivity index (χ3v) is 7.86. The van der Waals surface area contributed by atoms with Gasteiger partial charge in [-0.3, -0.25) is 9.59 Å². The van der Waals surface area contributed by atoms with Crippen molar-refractivity contribution in [2.45, 2.75) is 9.79 Å². The van der Waals surface area contributed by atoms with E-state index in [4.69, 9.17) is 20.9 Å². The molecule has 0 saturated heterocycles. The van der Waals surface area contributed by atoms with Gasteiger partial charge in [0.15, 0.2) is 0 Å². The first-order valence-corrected chi connectivity index (χ1v) is 13.6. The van der Waals surface area contributed by atoms with Crippen molar-refractivity contribution in [2.24, 2.45) is 0 Å². The number of anilines is 4. The van der Waals surface area contributed by atoms with Crippen LogP contribution in [0, 0.1) is 0 Å². The van der Waals surface area contributed by atoms with Crippen molar-refractivity contribution >= 4 is 56.2 Å². The number of carbonyl (C=O) groups is 2. The van der Waals surface area contributed by atoms with Crippen molar-refractivity contribution < 1.29 is 19.1 Å². The Morgan fingerprint density at radius 3 is 1.29 bits per heavy atom. The minimum absolute atomic E-state index is 0.253. The summed E-state index contributed by atoms with van der Waals surface area (Å²) in [5.41, 5.74) is 14.9. The normalized spacial score (nSPS) is 10.5. The molecule has 0 atom stereocenters. The fourth-order valence-corrected chi connectivity index (χ4v) is 5.37. The highest BCUT2D eigenvalue weighted by Gasteiger charge is 2.11. The Morgan fingerprint density at radius 2 is 0.974 bits per heavy atom. The van der Waals surface area contributed by atoms with Gasteiger partial charge in [-0.15, -0.1) is 0 Å². The zero-order valence-corrected chi connectivity index (χ0v) is 22.3. The lowest BCUT2D eigenvalue weighted by Gasteiger charge is -2.09. The highest BCUT2D eigenvalue weighted by Crippen LogP contribution is 2.38. The van der Waals surface area contributed by atoms with Crippen LogP contribution in [-0.4, -0.2) is 26.0 Å². The molecule has 0 unspecified atom stereocenters. The number of rotatable bonds is 9. The molecule has 0 aliphatic carbocycles. The first-order chi connectivity index (χ1) is 18.4. The molecule has 2 amide bonds. The molecular formula is C28H26N4O4S2. The highest BCUT2D eigenvalue weighted by atomic mass is 33.1. The van der Waals surface area contributed by atoms with Crippen molar-refractivity contribution in [3.8, 4) is 11.5 Å². The number of nitrogen functional groups attached to an aromatic ring is 2. The molecule has 0 radical (unpaired) electrons. The van der Waals surface area contributed by atoms with Gasteiger partial charge < -0.3 is 31.6 Å². The number of nitrogens with one attached hydrogen (secondary N) is 2. The number of methoxy groups -OCH3 is 2. The molecule has 0 bridgehead atoms. The van der Waals surface area contributed by atoms with Gasteiger partial charge in [-0.25, -0.2) is 0 Å². The number of hydrogen-bond donors (Lipinski definition) is 4. The highest BCUT2D eigenvalue weighted by molar-refractivity contribution is 8.76. The molecule has 10 heteroatoms. The molecule has 0 saturated carbocycles. The number of ether oxygens (including phenoxy) is 2. The van der Waals surface area contributed by atoms with Crippen LogP contribution in [0.3, 0.4) is 0 Å². The average Bonchev–Trinajstić information content (AvgIpc) is 2.93. The second-order valence-corrected chi connectivity index (χ2v) is 10.3. The van der Waals surface area contributed by atoms with Crippen LogP contribution in [0.1, 0.15) is 20.7 Å².